The van der Waals surface area contributed by atoms with E-state index in [4.69, 9.17) is 14.5 Å². The number of aromatic nitrogens is 2. The molecule has 0 fully saturated rings. The van der Waals surface area contributed by atoms with Gasteiger partial charge in [-0.25, -0.2) is 4.98 Å². The van der Waals surface area contributed by atoms with E-state index < -0.39 is 0 Å². The Kier molecular flexibility index (Phi) is 4.55. The number of hydrogen-bond donors (Lipinski definition) is 1. The fourth-order valence-corrected chi connectivity index (χ4v) is 4.51. The molecule has 4 rings (SSSR count). The summed E-state index contributed by atoms with van der Waals surface area (Å²) in [5.74, 6) is 1.38. The van der Waals surface area contributed by atoms with Crippen LogP contribution in [0.25, 0.3) is 21.6 Å². The van der Waals surface area contributed by atoms with Crippen molar-refractivity contribution in [1.29, 1.82) is 0 Å². The van der Waals surface area contributed by atoms with E-state index in [2.05, 4.69) is 4.98 Å². The lowest BCUT2D eigenvalue weighted by atomic mass is 9.97. The van der Waals surface area contributed by atoms with Crippen molar-refractivity contribution in [2.24, 2.45) is 0 Å². The molecule has 0 spiro atoms. The van der Waals surface area contributed by atoms with Gasteiger partial charge in [-0.1, -0.05) is 0 Å². The predicted molar refractivity (Wildman–Crippen MR) is 99.7 cm³/mol. The molecular weight excluding hydrogens is 336 g/mol. The first kappa shape index (κ1) is 16.3. The summed E-state index contributed by atoms with van der Waals surface area (Å²) in [6.45, 7) is 1.06. The molecule has 0 unspecified atom stereocenters. The number of hydrogen-bond acceptors (Lipinski definition) is 5. The molecule has 1 aromatic carbocycles. The highest BCUT2D eigenvalue weighted by atomic mass is 32.1. The molecule has 0 saturated heterocycles. The van der Waals surface area contributed by atoms with Crippen LogP contribution in [0.5, 0.6) is 5.75 Å². The summed E-state index contributed by atoms with van der Waals surface area (Å²) in [6.07, 6.45) is 4.42. The SMILES string of the molecule is COCCOc1ccc(-c2nc3sc4c(c3c(=O)[nH]2)CCCC4)cc1. The van der Waals surface area contributed by atoms with Crippen LogP contribution < -0.4 is 10.3 Å². The summed E-state index contributed by atoms with van der Waals surface area (Å²) in [5, 5.41) is 0.794. The van der Waals surface area contributed by atoms with Gasteiger partial charge in [0.25, 0.3) is 5.56 Å². The Morgan fingerprint density at radius 2 is 1.96 bits per heavy atom. The summed E-state index contributed by atoms with van der Waals surface area (Å²) in [4.78, 5) is 22.5. The number of rotatable bonds is 5. The van der Waals surface area contributed by atoms with E-state index in [1.54, 1.807) is 18.4 Å². The fourth-order valence-electron chi connectivity index (χ4n) is 3.25. The van der Waals surface area contributed by atoms with E-state index in [-0.39, 0.29) is 5.56 Å². The highest BCUT2D eigenvalue weighted by molar-refractivity contribution is 7.18. The van der Waals surface area contributed by atoms with Crippen LogP contribution in [0.1, 0.15) is 23.3 Å². The van der Waals surface area contributed by atoms with Crippen molar-refractivity contribution in [2.45, 2.75) is 25.7 Å². The van der Waals surface area contributed by atoms with Crippen molar-refractivity contribution in [3.63, 3.8) is 0 Å². The molecule has 0 amide bonds. The zero-order valence-corrected chi connectivity index (χ0v) is 14.9. The largest absolute Gasteiger partial charge is 0.491 e. The number of benzene rings is 1. The Labute approximate surface area is 149 Å². The van der Waals surface area contributed by atoms with Crippen molar-refractivity contribution in [2.75, 3.05) is 20.3 Å². The first-order valence-corrected chi connectivity index (χ1v) is 9.34. The van der Waals surface area contributed by atoms with Gasteiger partial charge in [-0.15, -0.1) is 11.3 Å². The molecule has 0 radical (unpaired) electrons. The molecular formula is C19H20N2O3S. The zero-order valence-electron chi connectivity index (χ0n) is 14.1. The molecule has 3 aromatic rings. The van der Waals surface area contributed by atoms with E-state index in [9.17, 15) is 4.79 Å². The van der Waals surface area contributed by atoms with Gasteiger partial charge in [-0.05, 0) is 55.5 Å². The standard InChI is InChI=1S/C19H20N2O3S/c1-23-10-11-24-13-8-6-12(7-9-13)17-20-18(22)16-14-4-2-3-5-15(14)25-19(16)21-17/h6-9H,2-5,10-11H2,1H3,(H,20,21,22). The molecule has 6 heteroatoms. The molecule has 2 aromatic heterocycles. The molecule has 25 heavy (non-hydrogen) atoms. The zero-order chi connectivity index (χ0) is 17.2. The lowest BCUT2D eigenvalue weighted by Gasteiger charge is -2.09. The molecule has 0 bridgehead atoms. The van der Waals surface area contributed by atoms with Gasteiger partial charge in [0.2, 0.25) is 0 Å². The van der Waals surface area contributed by atoms with E-state index in [0.717, 1.165) is 40.8 Å². The normalized spacial score (nSPS) is 13.8. The number of aryl methyl sites for hydroxylation is 2. The van der Waals surface area contributed by atoms with Crippen molar-refractivity contribution >= 4 is 21.6 Å². The van der Waals surface area contributed by atoms with Gasteiger partial charge in [0, 0.05) is 17.6 Å². The molecule has 0 atom stereocenters. The van der Waals surface area contributed by atoms with Gasteiger partial charge >= 0.3 is 0 Å². The summed E-state index contributed by atoms with van der Waals surface area (Å²) in [6, 6.07) is 7.60. The average Bonchev–Trinajstić information content (AvgIpc) is 3.01. The van der Waals surface area contributed by atoms with Gasteiger partial charge in [0.1, 0.15) is 23.0 Å². The van der Waals surface area contributed by atoms with Gasteiger partial charge in [0.05, 0.1) is 12.0 Å². The van der Waals surface area contributed by atoms with E-state index in [0.29, 0.717) is 19.0 Å². The third kappa shape index (κ3) is 3.19. The van der Waals surface area contributed by atoms with Crippen molar-refractivity contribution in [1.82, 2.24) is 9.97 Å². The first-order valence-electron chi connectivity index (χ1n) is 8.53. The van der Waals surface area contributed by atoms with Crippen molar-refractivity contribution in [3.05, 3.63) is 45.1 Å². The van der Waals surface area contributed by atoms with Crippen LogP contribution in [0, 0.1) is 0 Å². The Morgan fingerprint density at radius 3 is 2.76 bits per heavy atom. The molecule has 2 heterocycles. The maximum atomic E-state index is 12.6. The second-order valence-corrected chi connectivity index (χ2v) is 7.25. The summed E-state index contributed by atoms with van der Waals surface area (Å²) >= 11 is 1.67. The number of thiophene rings is 1. The Balaban J connectivity index is 1.66. The summed E-state index contributed by atoms with van der Waals surface area (Å²) in [5.41, 5.74) is 2.07. The lowest BCUT2D eigenvalue weighted by molar-refractivity contribution is 0.146. The average molecular weight is 356 g/mol. The number of nitrogens with one attached hydrogen (secondary N) is 1. The Hall–Kier alpha value is -2.18. The van der Waals surface area contributed by atoms with E-state index >= 15 is 0 Å². The minimum atomic E-state index is -0.0279. The maximum Gasteiger partial charge on any atom is 0.260 e. The second kappa shape index (κ2) is 6.98. The Bertz CT molecular complexity index is 944. The third-order valence-corrected chi connectivity index (χ3v) is 5.69. The summed E-state index contributed by atoms with van der Waals surface area (Å²) < 4.78 is 10.5. The molecule has 1 aliphatic rings. The quantitative estimate of drug-likeness (QED) is 0.710. The van der Waals surface area contributed by atoms with Gasteiger partial charge < -0.3 is 14.5 Å². The number of H-pyrrole nitrogens is 1. The van der Waals surface area contributed by atoms with Crippen LogP contribution in [0.4, 0.5) is 0 Å². The minimum absolute atomic E-state index is 0.0279. The fraction of sp³-hybridized carbons (Fsp3) is 0.368. The van der Waals surface area contributed by atoms with Crippen LogP contribution >= 0.6 is 11.3 Å². The number of ether oxygens (including phenoxy) is 2. The third-order valence-electron chi connectivity index (χ3n) is 4.51. The highest BCUT2D eigenvalue weighted by Gasteiger charge is 2.20. The van der Waals surface area contributed by atoms with Gasteiger partial charge in [-0.2, -0.15) is 0 Å². The maximum absolute atomic E-state index is 12.6. The second-order valence-electron chi connectivity index (χ2n) is 6.17. The molecule has 0 saturated carbocycles. The Morgan fingerprint density at radius 1 is 1.16 bits per heavy atom. The topological polar surface area (TPSA) is 64.2 Å². The van der Waals surface area contributed by atoms with Crippen LogP contribution in [-0.4, -0.2) is 30.3 Å². The number of fused-ring (bicyclic) bond motifs is 3. The van der Waals surface area contributed by atoms with E-state index in [1.165, 1.54) is 16.9 Å². The first-order chi connectivity index (χ1) is 12.3. The number of aromatic amines is 1. The smallest absolute Gasteiger partial charge is 0.260 e. The van der Waals surface area contributed by atoms with Crippen molar-refractivity contribution in [3.8, 4) is 17.1 Å². The van der Waals surface area contributed by atoms with Gasteiger partial charge in [0.15, 0.2) is 0 Å². The minimum Gasteiger partial charge on any atom is -0.491 e. The van der Waals surface area contributed by atoms with Crippen LogP contribution in [-0.2, 0) is 17.6 Å². The monoisotopic (exact) mass is 356 g/mol. The number of nitrogens with zero attached hydrogens (tertiary/aromatic N) is 1. The lowest BCUT2D eigenvalue weighted by Crippen LogP contribution is -2.11. The van der Waals surface area contributed by atoms with Crippen LogP contribution in [0.15, 0.2) is 29.1 Å². The van der Waals surface area contributed by atoms with Gasteiger partial charge in [-0.3, -0.25) is 4.79 Å². The molecule has 1 aliphatic carbocycles. The van der Waals surface area contributed by atoms with Crippen molar-refractivity contribution < 1.29 is 9.47 Å². The highest BCUT2D eigenvalue weighted by Crippen LogP contribution is 2.34. The molecule has 1 N–H and O–H groups in total. The van der Waals surface area contributed by atoms with Crippen LogP contribution in [0.3, 0.4) is 0 Å². The molecule has 130 valence electrons. The van der Waals surface area contributed by atoms with E-state index in [1.807, 2.05) is 24.3 Å². The number of methoxy groups -OCH3 is 1. The summed E-state index contributed by atoms with van der Waals surface area (Å²) in [7, 11) is 1.65. The predicted octanol–water partition coefficient (Wildman–Crippen LogP) is 3.56. The molecule has 5 nitrogen and oxygen atoms in total. The van der Waals surface area contributed by atoms with Crippen LogP contribution in [0.2, 0.25) is 0 Å². The molecule has 0 aliphatic heterocycles.